The molecule has 1 unspecified atom stereocenters. The minimum atomic E-state index is -3.49. The van der Waals surface area contributed by atoms with Crippen molar-refractivity contribution >= 4 is 83.9 Å². The summed E-state index contributed by atoms with van der Waals surface area (Å²) >= 11 is 8.21. The lowest BCUT2D eigenvalue weighted by atomic mass is 9.95. The lowest BCUT2D eigenvalue weighted by molar-refractivity contribution is -0.107. The fourth-order valence-corrected chi connectivity index (χ4v) is 16.6. The second-order valence-corrected chi connectivity index (χ2v) is 27.5. The Morgan fingerprint density at radius 2 is 0.951 bits per heavy atom. The molecule has 7 aromatic rings. The van der Waals surface area contributed by atoms with E-state index in [0.717, 1.165) is 168 Å². The second-order valence-electron chi connectivity index (χ2n) is 19.3. The van der Waals surface area contributed by atoms with Gasteiger partial charge < -0.3 is 28.1 Å². The number of carbonyl (C=O) groups is 1. The van der Waals surface area contributed by atoms with E-state index in [2.05, 4.69) is 105 Å². The number of benzene rings is 2. The molecule has 5 aromatic heterocycles. The van der Waals surface area contributed by atoms with E-state index in [1.165, 1.54) is 48.3 Å². The van der Waals surface area contributed by atoms with Gasteiger partial charge in [-0.05, 0) is 159 Å². The Labute approximate surface area is 505 Å². The van der Waals surface area contributed by atoms with Crippen LogP contribution in [0.3, 0.4) is 0 Å². The van der Waals surface area contributed by atoms with Crippen molar-refractivity contribution < 1.29 is 41.7 Å². The summed E-state index contributed by atoms with van der Waals surface area (Å²) in [4.78, 5) is 21.9. The van der Waals surface area contributed by atoms with Gasteiger partial charge in [-0.15, -0.1) is 61.2 Å². The summed E-state index contributed by atoms with van der Waals surface area (Å²) in [7, 11) is -4.40. The number of ether oxygens (including phenoxy) is 3. The average Bonchev–Trinajstić information content (AvgIpc) is 4.57. The number of hydrogen-bond acceptors (Lipinski definition) is 14. The Bertz CT molecular complexity index is 3090. The van der Waals surface area contributed by atoms with Crippen LogP contribution in [0.4, 0.5) is 0 Å². The zero-order chi connectivity index (χ0) is 57.7. The van der Waals surface area contributed by atoms with E-state index in [1.807, 2.05) is 39.8 Å². The molecule has 2 aromatic carbocycles. The number of hydrogen-bond donors (Lipinski definition) is 0. The molecule has 0 bridgehead atoms. The zero-order valence-electron chi connectivity index (χ0n) is 48.6. The highest BCUT2D eigenvalue weighted by Gasteiger charge is 2.30. The number of rotatable bonds is 36. The molecule has 0 aliphatic heterocycles. The van der Waals surface area contributed by atoms with Crippen LogP contribution in [-0.4, -0.2) is 45.9 Å². The summed E-state index contributed by atoms with van der Waals surface area (Å²) in [5, 5.41) is 0. The first-order chi connectivity index (χ1) is 39.7. The van der Waals surface area contributed by atoms with E-state index in [0.29, 0.717) is 17.8 Å². The van der Waals surface area contributed by atoms with Crippen LogP contribution in [0.1, 0.15) is 161 Å². The van der Waals surface area contributed by atoms with Crippen molar-refractivity contribution in [3.63, 3.8) is 0 Å². The maximum absolute atomic E-state index is 13.9. The number of carbonyl (C=O) groups excluding carboxylic acids is 1. The molecule has 9 nitrogen and oxygen atoms in total. The first-order valence-corrected chi connectivity index (χ1v) is 35.6. The van der Waals surface area contributed by atoms with Crippen LogP contribution in [0.5, 0.6) is 11.5 Å². The third kappa shape index (κ3) is 20.0. The first-order valence-electron chi connectivity index (χ1n) is 29.2. The van der Waals surface area contributed by atoms with E-state index in [-0.39, 0.29) is 26.2 Å². The summed E-state index contributed by atoms with van der Waals surface area (Å²) in [6, 6.07) is 29.4. The molecule has 0 spiro atoms. The average molecular weight is 1230 g/mol. The van der Waals surface area contributed by atoms with Crippen molar-refractivity contribution in [2.45, 2.75) is 158 Å². The van der Waals surface area contributed by atoms with E-state index in [4.69, 9.17) is 27.8 Å². The fourth-order valence-electron chi connectivity index (χ4n) is 9.09. The molecular formula is C65H83O9P2S5+. The molecule has 0 aliphatic rings. The molecule has 1 atom stereocenters. The predicted octanol–water partition coefficient (Wildman–Crippen LogP) is 21.1. The highest BCUT2D eigenvalue weighted by Crippen LogP contribution is 2.52. The number of thiophene rings is 5. The number of aldehydes is 1. The maximum Gasteiger partial charge on any atom is 0.494 e. The minimum Gasteiger partial charge on any atom is -0.493 e. The van der Waals surface area contributed by atoms with Crippen LogP contribution >= 0.6 is 73.0 Å². The van der Waals surface area contributed by atoms with Crippen LogP contribution in [-0.2, 0) is 45.3 Å². The quantitative estimate of drug-likeness (QED) is 0.0164. The molecule has 0 saturated carbocycles. The summed E-state index contributed by atoms with van der Waals surface area (Å²) in [6.07, 6.45) is 18.4. The second kappa shape index (κ2) is 36.6. The third-order valence-electron chi connectivity index (χ3n) is 13.2. The van der Waals surface area contributed by atoms with Crippen molar-refractivity contribution in [2.24, 2.45) is 0 Å². The summed E-state index contributed by atoms with van der Waals surface area (Å²) in [5.74, 6) is 8.29. The third-order valence-corrected chi connectivity index (χ3v) is 22.0. The Kier molecular flexibility index (Phi) is 29.9. The van der Waals surface area contributed by atoms with E-state index >= 15 is 0 Å². The minimum absolute atomic E-state index is 0.164. The molecular weight excluding hydrogens is 1150 g/mol. The molecule has 0 saturated heterocycles. The largest absolute Gasteiger partial charge is 0.494 e. The lowest BCUT2D eigenvalue weighted by Crippen LogP contribution is -2.06. The predicted molar refractivity (Wildman–Crippen MR) is 349 cm³/mol. The highest BCUT2D eigenvalue weighted by atomic mass is 32.1. The topological polar surface area (TPSA) is 107 Å². The maximum atomic E-state index is 13.9. The Hall–Kier alpha value is -4.06. The van der Waals surface area contributed by atoms with Crippen LogP contribution < -0.4 is 14.1 Å². The van der Waals surface area contributed by atoms with Gasteiger partial charge in [-0.3, -0.25) is 4.57 Å². The van der Waals surface area contributed by atoms with Crippen LogP contribution in [0, 0.1) is 11.8 Å². The van der Waals surface area contributed by atoms with E-state index in [9.17, 15) is 13.9 Å². The SMILES string of the molecule is CCCCCCCCC#Cc1ccc(-c2ccc(-c3cc(CO[PH+]=O)c(-c4ccc(-c5ccc(-c6cc(OCCCCCC)c(-c7ccc(P(=O)(OCC)OCC)s7)cc6OCCCCCC)s5)s4)cc3CC=O)s2)s1.CCOCC. The van der Waals surface area contributed by atoms with Crippen molar-refractivity contribution in [1.29, 1.82) is 0 Å². The van der Waals surface area contributed by atoms with Crippen molar-refractivity contribution in [2.75, 3.05) is 39.6 Å². The molecule has 0 fully saturated rings. The number of unbranched alkanes of at least 4 members (excludes halogenated alkanes) is 12. The smallest absolute Gasteiger partial charge is 0.493 e. The van der Waals surface area contributed by atoms with Gasteiger partial charge in [0, 0.05) is 76.2 Å². The molecule has 7 rings (SSSR count). The zero-order valence-corrected chi connectivity index (χ0v) is 54.6. The van der Waals surface area contributed by atoms with Gasteiger partial charge in [-0.2, -0.15) is 0 Å². The van der Waals surface area contributed by atoms with Crippen LogP contribution in [0.25, 0.3) is 61.3 Å². The van der Waals surface area contributed by atoms with Gasteiger partial charge in [-0.1, -0.05) is 103 Å². The molecule has 0 aliphatic carbocycles. The summed E-state index contributed by atoms with van der Waals surface area (Å²) in [6.45, 7) is 17.9. The normalized spacial score (nSPS) is 11.4. The van der Waals surface area contributed by atoms with E-state index < -0.39 is 16.3 Å². The Balaban J connectivity index is 0.00000202. The first kappa shape index (κ1) is 66.1. The highest BCUT2D eigenvalue weighted by molar-refractivity contribution is 7.69. The fraction of sp³-hybridized carbons (Fsp3) is 0.462. The van der Waals surface area contributed by atoms with Gasteiger partial charge in [0.1, 0.15) is 29.0 Å². The summed E-state index contributed by atoms with van der Waals surface area (Å²) in [5.41, 5.74) is 5.60. The Morgan fingerprint density at radius 1 is 0.494 bits per heavy atom. The van der Waals surface area contributed by atoms with Crippen molar-refractivity contribution in [3.05, 3.63) is 101 Å². The van der Waals surface area contributed by atoms with Crippen LogP contribution in [0.15, 0.2) is 84.9 Å². The Morgan fingerprint density at radius 3 is 1.47 bits per heavy atom. The molecule has 0 radical (unpaired) electrons. The lowest BCUT2D eigenvalue weighted by Gasteiger charge is -2.17. The molecule has 0 N–H and O–H groups in total. The molecule has 81 heavy (non-hydrogen) atoms. The van der Waals surface area contributed by atoms with Gasteiger partial charge in [-0.25, -0.2) is 0 Å². The van der Waals surface area contributed by atoms with Crippen molar-refractivity contribution in [3.8, 4) is 84.6 Å². The van der Waals surface area contributed by atoms with Crippen LogP contribution in [0.2, 0.25) is 0 Å². The summed E-state index contributed by atoms with van der Waals surface area (Å²) < 4.78 is 61.6. The van der Waals surface area contributed by atoms with Gasteiger partial charge in [0.2, 0.25) is 0 Å². The molecule has 436 valence electrons. The molecule has 0 amide bonds. The van der Waals surface area contributed by atoms with Gasteiger partial charge >= 0.3 is 16.3 Å². The molecule has 16 heteroatoms. The van der Waals surface area contributed by atoms with Gasteiger partial charge in [0.25, 0.3) is 0 Å². The van der Waals surface area contributed by atoms with Gasteiger partial charge in [0.15, 0.2) is 0 Å². The standard InChI is InChI=1S/C61H73O8P2S5.C4H10O/c1-6-11-14-17-18-19-20-21-24-46-25-26-57(72-46)58-30-27-53(73-58)47-40-45(43-67-70-63)48(39-44(47)35-36-62)54-28-31-59(74-54)60-32-29-55(75-60)49-41-52(66-38-23-16-13-8-3)50(42-51(49)65-37-22-15-12-7-2)56-33-34-61(76-56)71(64,68-9-4)69-10-5;1-3-5-4-2/h25-34,36,39-42,70H,6-20,22-23,35,37-38,43H2,1-5H3;3-4H2,1-2H3/q+1;. The monoisotopic (exact) mass is 1230 g/mol. The van der Waals surface area contributed by atoms with E-state index in [1.54, 1.807) is 45.3 Å². The van der Waals surface area contributed by atoms with Gasteiger partial charge in [0.05, 0.1) is 31.3 Å². The molecule has 5 heterocycles. The van der Waals surface area contributed by atoms with Crippen molar-refractivity contribution in [1.82, 2.24) is 0 Å².